The van der Waals surface area contributed by atoms with Crippen LogP contribution in [0, 0.1) is 12.8 Å². The molecule has 0 radical (unpaired) electrons. The minimum Gasteiger partial charge on any atom is -0.295 e. The molecule has 1 amide bonds. The lowest BCUT2D eigenvalue weighted by molar-refractivity contribution is 0.0706. The molecule has 1 unspecified atom stereocenters. The van der Waals surface area contributed by atoms with Crippen LogP contribution in [0.25, 0.3) is 0 Å². The molecule has 1 aliphatic rings. The van der Waals surface area contributed by atoms with E-state index in [9.17, 15) is 4.79 Å². The largest absolute Gasteiger partial charge is 0.295 e. The van der Waals surface area contributed by atoms with Crippen molar-refractivity contribution in [2.24, 2.45) is 5.92 Å². The van der Waals surface area contributed by atoms with E-state index in [4.69, 9.17) is 5.21 Å². The molecule has 0 bridgehead atoms. The molecule has 0 saturated heterocycles. The Morgan fingerprint density at radius 3 is 2.48 bits per heavy atom. The van der Waals surface area contributed by atoms with E-state index >= 15 is 0 Å². The summed E-state index contributed by atoms with van der Waals surface area (Å²) in [5.74, 6) is 0.200. The third kappa shape index (κ3) is 4.33. The van der Waals surface area contributed by atoms with Crippen LogP contribution >= 0.6 is 0 Å². The van der Waals surface area contributed by atoms with Crippen LogP contribution in [-0.4, -0.2) is 34.1 Å². The lowest BCUT2D eigenvalue weighted by Gasteiger charge is -2.36. The van der Waals surface area contributed by atoms with Gasteiger partial charge in [0.15, 0.2) is 0 Å². The maximum Gasteiger partial charge on any atom is 0.274 e. The molecule has 23 heavy (non-hydrogen) atoms. The van der Waals surface area contributed by atoms with E-state index in [0.717, 1.165) is 18.5 Å². The SMILES string of the molecule is Cc1cc(C(=O)NO)ccc1CC(C)N(CC(C)C)C1(C)CC1. The summed E-state index contributed by atoms with van der Waals surface area (Å²) < 4.78 is 0. The molecular formula is C19H30N2O2. The first-order chi connectivity index (χ1) is 10.8. The maximum atomic E-state index is 11.5. The van der Waals surface area contributed by atoms with E-state index in [1.54, 1.807) is 11.5 Å². The highest BCUT2D eigenvalue weighted by Gasteiger charge is 2.44. The number of hydroxylamine groups is 1. The van der Waals surface area contributed by atoms with Crippen molar-refractivity contribution in [1.82, 2.24) is 10.4 Å². The van der Waals surface area contributed by atoms with Gasteiger partial charge in [0.2, 0.25) is 0 Å². The summed E-state index contributed by atoms with van der Waals surface area (Å²) in [6.07, 6.45) is 3.56. The van der Waals surface area contributed by atoms with Crippen LogP contribution in [0.15, 0.2) is 18.2 Å². The van der Waals surface area contributed by atoms with Crippen molar-refractivity contribution in [3.63, 3.8) is 0 Å². The van der Waals surface area contributed by atoms with Crippen molar-refractivity contribution in [3.8, 4) is 0 Å². The van der Waals surface area contributed by atoms with Gasteiger partial charge in [0.1, 0.15) is 0 Å². The van der Waals surface area contributed by atoms with Crippen LogP contribution < -0.4 is 5.48 Å². The average molecular weight is 318 g/mol. The summed E-state index contributed by atoms with van der Waals surface area (Å²) in [5, 5.41) is 8.74. The summed E-state index contributed by atoms with van der Waals surface area (Å²) in [6.45, 7) is 12.4. The van der Waals surface area contributed by atoms with Gasteiger partial charge in [-0.1, -0.05) is 19.9 Å². The van der Waals surface area contributed by atoms with Crippen LogP contribution in [-0.2, 0) is 6.42 Å². The number of nitrogens with zero attached hydrogens (tertiary/aromatic N) is 1. The van der Waals surface area contributed by atoms with E-state index in [0.29, 0.717) is 23.1 Å². The normalized spacial score (nSPS) is 17.4. The summed E-state index contributed by atoms with van der Waals surface area (Å²) in [7, 11) is 0. The Hall–Kier alpha value is -1.39. The summed E-state index contributed by atoms with van der Waals surface area (Å²) in [4.78, 5) is 14.2. The smallest absolute Gasteiger partial charge is 0.274 e. The molecule has 2 N–H and O–H groups in total. The van der Waals surface area contributed by atoms with E-state index < -0.39 is 5.91 Å². The number of aryl methyl sites for hydroxylation is 1. The van der Waals surface area contributed by atoms with E-state index in [2.05, 4.69) is 32.6 Å². The van der Waals surface area contributed by atoms with Crippen LogP contribution in [0.3, 0.4) is 0 Å². The molecule has 4 heteroatoms. The molecule has 1 aliphatic carbocycles. The highest BCUT2D eigenvalue weighted by molar-refractivity contribution is 5.93. The molecule has 2 rings (SSSR count). The van der Waals surface area contributed by atoms with Gasteiger partial charge >= 0.3 is 0 Å². The molecule has 0 spiro atoms. The van der Waals surface area contributed by atoms with E-state index in [1.807, 2.05) is 19.1 Å². The molecule has 0 aromatic heterocycles. The van der Waals surface area contributed by atoms with Gasteiger partial charge in [-0.05, 0) is 69.2 Å². The number of carbonyl (C=O) groups is 1. The molecule has 0 heterocycles. The van der Waals surface area contributed by atoms with Gasteiger partial charge in [-0.15, -0.1) is 0 Å². The van der Waals surface area contributed by atoms with Gasteiger partial charge in [0, 0.05) is 23.7 Å². The predicted molar refractivity (Wildman–Crippen MR) is 92.8 cm³/mol. The summed E-state index contributed by atoms with van der Waals surface area (Å²) >= 11 is 0. The number of nitrogens with one attached hydrogen (secondary N) is 1. The maximum absolute atomic E-state index is 11.5. The van der Waals surface area contributed by atoms with Gasteiger partial charge in [-0.25, -0.2) is 5.48 Å². The lowest BCUT2D eigenvalue weighted by atomic mass is 9.97. The predicted octanol–water partition coefficient (Wildman–Crippen LogP) is 3.56. The second kappa shape index (κ2) is 7.02. The van der Waals surface area contributed by atoms with Gasteiger partial charge in [-0.2, -0.15) is 0 Å². The Morgan fingerprint density at radius 1 is 1.35 bits per heavy atom. The quantitative estimate of drug-likeness (QED) is 0.597. The summed E-state index contributed by atoms with van der Waals surface area (Å²) in [5.41, 5.74) is 4.92. The molecule has 1 aromatic rings. The van der Waals surface area contributed by atoms with Crippen LogP contribution in [0.1, 0.15) is 62.0 Å². The Kier molecular flexibility index (Phi) is 5.48. The van der Waals surface area contributed by atoms with Gasteiger partial charge in [0.25, 0.3) is 5.91 Å². The first kappa shape index (κ1) is 18.0. The molecule has 128 valence electrons. The first-order valence-corrected chi connectivity index (χ1v) is 8.57. The summed E-state index contributed by atoms with van der Waals surface area (Å²) in [6, 6.07) is 6.12. The number of hydrogen-bond donors (Lipinski definition) is 2. The third-order valence-corrected chi connectivity index (χ3v) is 4.98. The standard InChI is InChI=1S/C19H30N2O2/c1-13(2)12-21(19(5)8-9-19)15(4)11-16-6-7-17(10-14(16)3)18(22)20-23/h6-7,10,13,15,23H,8-9,11-12H2,1-5H3,(H,20,22). The lowest BCUT2D eigenvalue weighted by Crippen LogP contribution is -2.45. The molecule has 1 atom stereocenters. The first-order valence-electron chi connectivity index (χ1n) is 8.57. The highest BCUT2D eigenvalue weighted by Crippen LogP contribution is 2.43. The minimum atomic E-state index is -0.459. The van der Waals surface area contributed by atoms with Gasteiger partial charge < -0.3 is 0 Å². The van der Waals surface area contributed by atoms with Crippen LogP contribution in [0.5, 0.6) is 0 Å². The van der Waals surface area contributed by atoms with Crippen molar-refractivity contribution >= 4 is 5.91 Å². The van der Waals surface area contributed by atoms with Crippen molar-refractivity contribution in [2.45, 2.75) is 65.5 Å². The van der Waals surface area contributed by atoms with Gasteiger partial charge in [0.05, 0.1) is 0 Å². The number of benzene rings is 1. The number of carbonyl (C=O) groups excluding carboxylic acids is 1. The van der Waals surface area contributed by atoms with Crippen LogP contribution in [0.2, 0.25) is 0 Å². The fraction of sp³-hybridized carbons (Fsp3) is 0.632. The zero-order valence-electron chi connectivity index (χ0n) is 15.0. The number of hydrogen-bond acceptors (Lipinski definition) is 3. The Bertz CT molecular complexity index is 564. The Labute approximate surface area is 139 Å². The van der Waals surface area contributed by atoms with Crippen molar-refractivity contribution in [1.29, 1.82) is 0 Å². The average Bonchev–Trinajstić information content (AvgIpc) is 3.24. The van der Waals surface area contributed by atoms with Crippen LogP contribution in [0.4, 0.5) is 0 Å². The fourth-order valence-corrected chi connectivity index (χ4v) is 3.35. The van der Waals surface area contributed by atoms with Crippen molar-refractivity contribution < 1.29 is 10.0 Å². The number of rotatable bonds is 7. The van der Waals surface area contributed by atoms with E-state index in [1.165, 1.54) is 18.4 Å². The second-order valence-corrected chi connectivity index (χ2v) is 7.68. The van der Waals surface area contributed by atoms with E-state index in [-0.39, 0.29) is 0 Å². The second-order valence-electron chi connectivity index (χ2n) is 7.68. The zero-order valence-corrected chi connectivity index (χ0v) is 15.0. The van der Waals surface area contributed by atoms with Crippen molar-refractivity contribution in [2.75, 3.05) is 6.54 Å². The molecular weight excluding hydrogens is 288 g/mol. The van der Waals surface area contributed by atoms with Gasteiger partial charge in [-0.3, -0.25) is 14.9 Å². The number of amides is 1. The molecule has 1 saturated carbocycles. The molecule has 4 nitrogen and oxygen atoms in total. The fourth-order valence-electron chi connectivity index (χ4n) is 3.35. The minimum absolute atomic E-state index is 0.369. The Balaban J connectivity index is 2.12. The molecule has 1 fully saturated rings. The zero-order chi connectivity index (χ0) is 17.2. The topological polar surface area (TPSA) is 52.6 Å². The molecule has 1 aromatic carbocycles. The third-order valence-electron chi connectivity index (χ3n) is 4.98. The monoisotopic (exact) mass is 318 g/mol. The highest BCUT2D eigenvalue weighted by atomic mass is 16.5. The Morgan fingerprint density at radius 2 is 2.00 bits per heavy atom. The molecule has 0 aliphatic heterocycles. The van der Waals surface area contributed by atoms with Crippen molar-refractivity contribution in [3.05, 3.63) is 34.9 Å².